The highest BCUT2D eigenvalue weighted by atomic mass is 16.4. The molecule has 3 amide bonds. The predicted molar refractivity (Wildman–Crippen MR) is 93.5 cm³/mol. The number of carbonyl (C=O) groups is 4. The molecule has 0 aliphatic heterocycles. The SMILES string of the molecule is C[C@H](NC(=O)[C@@H](N)CCCN=C(N)N)C(=O)N[C@@H](CCC(=O)O)C(N)=O. The Morgan fingerprint density at radius 3 is 2.15 bits per heavy atom. The van der Waals surface area contributed by atoms with E-state index in [1.807, 2.05) is 0 Å². The number of primary amides is 1. The highest BCUT2D eigenvalue weighted by Crippen LogP contribution is 2.00. The predicted octanol–water partition coefficient (Wildman–Crippen LogP) is -3.29. The summed E-state index contributed by atoms with van der Waals surface area (Å²) in [6.45, 7) is 1.72. The number of guanidine groups is 1. The van der Waals surface area contributed by atoms with Crippen LogP contribution in [-0.4, -0.2) is 59.4 Å². The number of nitrogens with two attached hydrogens (primary N) is 4. The first-order valence-electron chi connectivity index (χ1n) is 7.97. The maximum atomic E-state index is 12.0. The number of carboxylic acid groups (broad SMARTS) is 1. The quantitative estimate of drug-likeness (QED) is 0.104. The summed E-state index contributed by atoms with van der Waals surface area (Å²) in [4.78, 5) is 49.6. The molecule has 0 rings (SSSR count). The molecule has 0 fully saturated rings. The summed E-state index contributed by atoms with van der Waals surface area (Å²) in [5, 5.41) is 13.3. The van der Waals surface area contributed by atoms with Crippen molar-refractivity contribution < 1.29 is 24.3 Å². The summed E-state index contributed by atoms with van der Waals surface area (Å²) >= 11 is 0. The van der Waals surface area contributed by atoms with Crippen molar-refractivity contribution in [2.24, 2.45) is 27.9 Å². The van der Waals surface area contributed by atoms with Crippen molar-refractivity contribution in [2.75, 3.05) is 6.54 Å². The van der Waals surface area contributed by atoms with Crippen LogP contribution in [0.2, 0.25) is 0 Å². The molecule has 12 nitrogen and oxygen atoms in total. The number of hydrogen-bond acceptors (Lipinski definition) is 6. The van der Waals surface area contributed by atoms with E-state index >= 15 is 0 Å². The molecule has 26 heavy (non-hydrogen) atoms. The van der Waals surface area contributed by atoms with Crippen molar-refractivity contribution in [2.45, 2.75) is 50.7 Å². The van der Waals surface area contributed by atoms with Crippen LogP contribution >= 0.6 is 0 Å². The summed E-state index contributed by atoms with van der Waals surface area (Å²) in [7, 11) is 0. The van der Waals surface area contributed by atoms with Gasteiger partial charge in [0.05, 0.1) is 6.04 Å². The van der Waals surface area contributed by atoms with Gasteiger partial charge in [0.15, 0.2) is 5.96 Å². The van der Waals surface area contributed by atoms with E-state index in [0.29, 0.717) is 19.4 Å². The lowest BCUT2D eigenvalue weighted by Crippen LogP contribution is -2.54. The van der Waals surface area contributed by atoms with Crippen molar-refractivity contribution in [1.82, 2.24) is 10.6 Å². The fourth-order valence-electron chi connectivity index (χ4n) is 1.89. The van der Waals surface area contributed by atoms with Gasteiger partial charge in [-0.25, -0.2) is 0 Å². The standard InChI is InChI=1S/C14H27N7O5/c1-7(12(25)21-9(11(16)24)4-5-10(22)23)20-13(26)8(15)3-2-6-19-14(17)18/h7-9H,2-6,15H2,1H3,(H2,16,24)(H,20,26)(H,21,25)(H,22,23)(H4,17,18,19)/t7-,8-,9-/m0/s1. The minimum Gasteiger partial charge on any atom is -0.481 e. The van der Waals surface area contributed by atoms with Crippen LogP contribution in [0.3, 0.4) is 0 Å². The largest absolute Gasteiger partial charge is 0.481 e. The van der Waals surface area contributed by atoms with Gasteiger partial charge in [0.25, 0.3) is 0 Å². The Hall–Kier alpha value is -2.89. The number of rotatable bonds is 12. The second-order valence-corrected chi connectivity index (χ2v) is 5.68. The van der Waals surface area contributed by atoms with Gasteiger partial charge in [-0.1, -0.05) is 0 Å². The zero-order valence-electron chi connectivity index (χ0n) is 14.6. The fourth-order valence-corrected chi connectivity index (χ4v) is 1.89. The van der Waals surface area contributed by atoms with Crippen LogP contribution in [0.4, 0.5) is 0 Å². The highest BCUT2D eigenvalue weighted by Gasteiger charge is 2.24. The normalized spacial score (nSPS) is 13.8. The number of hydrogen-bond donors (Lipinski definition) is 7. The Bertz CT molecular complexity index is 548. The van der Waals surface area contributed by atoms with E-state index in [9.17, 15) is 19.2 Å². The first kappa shape index (κ1) is 23.1. The Morgan fingerprint density at radius 1 is 1.04 bits per heavy atom. The van der Waals surface area contributed by atoms with Gasteiger partial charge < -0.3 is 38.7 Å². The minimum atomic E-state index is -1.15. The van der Waals surface area contributed by atoms with Crippen LogP contribution in [0, 0.1) is 0 Å². The average Bonchev–Trinajstić information content (AvgIpc) is 2.53. The van der Waals surface area contributed by atoms with Crippen LogP contribution in [0.25, 0.3) is 0 Å². The topological polar surface area (TPSA) is 229 Å². The molecule has 0 unspecified atom stereocenters. The summed E-state index contributed by atoms with van der Waals surface area (Å²) in [6.07, 6.45) is 0.294. The molecule has 3 atom stereocenters. The van der Waals surface area contributed by atoms with Crippen LogP contribution in [0.1, 0.15) is 32.6 Å². The van der Waals surface area contributed by atoms with Gasteiger partial charge >= 0.3 is 5.97 Å². The summed E-state index contributed by atoms with van der Waals surface area (Å²) in [5.74, 6) is -3.29. The maximum Gasteiger partial charge on any atom is 0.303 e. The van der Waals surface area contributed by atoms with E-state index in [1.165, 1.54) is 6.92 Å². The van der Waals surface area contributed by atoms with E-state index in [-0.39, 0.29) is 18.8 Å². The molecule has 12 heteroatoms. The zero-order chi connectivity index (χ0) is 20.3. The van der Waals surface area contributed by atoms with Crippen molar-refractivity contribution in [3.63, 3.8) is 0 Å². The van der Waals surface area contributed by atoms with E-state index < -0.39 is 41.8 Å². The fraction of sp³-hybridized carbons (Fsp3) is 0.643. The van der Waals surface area contributed by atoms with Crippen molar-refractivity contribution in [1.29, 1.82) is 0 Å². The minimum absolute atomic E-state index is 0.0554. The number of nitrogens with zero attached hydrogens (tertiary/aromatic N) is 1. The first-order chi connectivity index (χ1) is 12.0. The van der Waals surface area contributed by atoms with E-state index in [1.54, 1.807) is 0 Å². The number of carbonyl (C=O) groups excluding carboxylic acids is 3. The van der Waals surface area contributed by atoms with E-state index in [4.69, 9.17) is 28.0 Å². The maximum absolute atomic E-state index is 12.0. The molecule has 0 aliphatic rings. The number of aliphatic carboxylic acids is 1. The first-order valence-corrected chi connectivity index (χ1v) is 7.97. The van der Waals surface area contributed by atoms with Crippen LogP contribution in [-0.2, 0) is 19.2 Å². The lowest BCUT2D eigenvalue weighted by Gasteiger charge is -2.20. The second kappa shape index (κ2) is 11.6. The molecule has 0 spiro atoms. The lowest BCUT2D eigenvalue weighted by atomic mass is 10.1. The number of carboxylic acids is 1. The molecule has 0 aromatic rings. The number of nitrogens with one attached hydrogen (secondary N) is 2. The Labute approximate surface area is 150 Å². The van der Waals surface area contributed by atoms with E-state index in [0.717, 1.165) is 0 Å². The van der Waals surface area contributed by atoms with Gasteiger partial charge in [-0.15, -0.1) is 0 Å². The second-order valence-electron chi connectivity index (χ2n) is 5.68. The van der Waals surface area contributed by atoms with Crippen molar-refractivity contribution >= 4 is 29.7 Å². The van der Waals surface area contributed by atoms with E-state index in [2.05, 4.69) is 15.6 Å². The van der Waals surface area contributed by atoms with Gasteiger partial charge in [0.1, 0.15) is 12.1 Å². The summed E-state index contributed by atoms with van der Waals surface area (Å²) in [6, 6.07) is -3.00. The molecule has 0 aliphatic carbocycles. The Balaban J connectivity index is 4.44. The smallest absolute Gasteiger partial charge is 0.303 e. The third-order valence-corrected chi connectivity index (χ3v) is 3.36. The Morgan fingerprint density at radius 2 is 1.65 bits per heavy atom. The highest BCUT2D eigenvalue weighted by molar-refractivity contribution is 5.92. The molecule has 0 saturated carbocycles. The molecule has 0 bridgehead atoms. The molecular formula is C14H27N7O5. The van der Waals surface area contributed by atoms with Gasteiger partial charge in [0.2, 0.25) is 17.7 Å². The molecule has 0 aromatic carbocycles. The summed E-state index contributed by atoms with van der Waals surface area (Å²) < 4.78 is 0. The average molecular weight is 373 g/mol. The molecule has 0 aromatic heterocycles. The monoisotopic (exact) mass is 373 g/mol. The molecule has 0 radical (unpaired) electrons. The third-order valence-electron chi connectivity index (χ3n) is 3.36. The van der Waals surface area contributed by atoms with Gasteiger partial charge in [-0.2, -0.15) is 0 Å². The van der Waals surface area contributed by atoms with Crippen LogP contribution in [0.5, 0.6) is 0 Å². The van der Waals surface area contributed by atoms with Crippen molar-refractivity contribution in [3.05, 3.63) is 0 Å². The number of amides is 3. The molecular weight excluding hydrogens is 346 g/mol. The molecule has 11 N–H and O–H groups in total. The van der Waals surface area contributed by atoms with Crippen LogP contribution in [0.15, 0.2) is 4.99 Å². The molecule has 148 valence electrons. The lowest BCUT2D eigenvalue weighted by molar-refractivity contribution is -0.137. The van der Waals surface area contributed by atoms with Gasteiger partial charge in [-0.05, 0) is 26.2 Å². The molecule has 0 saturated heterocycles. The number of aliphatic imine (C=N–C) groups is 1. The van der Waals surface area contributed by atoms with Gasteiger partial charge in [-0.3, -0.25) is 24.2 Å². The Kier molecular flexibility index (Phi) is 10.3. The van der Waals surface area contributed by atoms with Gasteiger partial charge in [0, 0.05) is 13.0 Å². The zero-order valence-corrected chi connectivity index (χ0v) is 14.6. The third kappa shape index (κ3) is 10.1. The van der Waals surface area contributed by atoms with Crippen LogP contribution < -0.4 is 33.6 Å². The summed E-state index contributed by atoms with van der Waals surface area (Å²) in [5.41, 5.74) is 21.2. The molecule has 0 heterocycles. The van der Waals surface area contributed by atoms with Crippen molar-refractivity contribution in [3.8, 4) is 0 Å².